The number of nitrogens with zero attached hydrogens (tertiary/aromatic N) is 3. The number of hydrogen-bond donors (Lipinski definition) is 3. The number of pyridine rings is 1. The summed E-state index contributed by atoms with van der Waals surface area (Å²) in [6.07, 6.45) is 1.70. The van der Waals surface area contributed by atoms with Gasteiger partial charge in [-0.1, -0.05) is 11.6 Å². The maximum Gasteiger partial charge on any atom is 0.223 e. The maximum absolute atomic E-state index is 6.15. The Morgan fingerprint density at radius 3 is 2.75 bits per heavy atom. The van der Waals surface area contributed by atoms with Crippen LogP contribution < -0.4 is 16.8 Å². The summed E-state index contributed by atoms with van der Waals surface area (Å²) in [4.78, 5) is 12.2. The number of halogens is 1. The van der Waals surface area contributed by atoms with Gasteiger partial charge in [-0.25, -0.2) is 0 Å². The first-order valence-corrected chi connectivity index (χ1v) is 6.21. The fourth-order valence-corrected chi connectivity index (χ4v) is 2.14. The van der Waals surface area contributed by atoms with Crippen LogP contribution in [0.15, 0.2) is 36.5 Å². The SMILES string of the molecule is Nc1cc(Nc2ccc(Cl)c3cccnc23)nc(N)n1. The third-order valence-corrected chi connectivity index (χ3v) is 3.07. The number of rotatable bonds is 2. The van der Waals surface area contributed by atoms with Crippen LogP contribution in [0.3, 0.4) is 0 Å². The summed E-state index contributed by atoms with van der Waals surface area (Å²) >= 11 is 6.15. The fourth-order valence-electron chi connectivity index (χ4n) is 1.93. The van der Waals surface area contributed by atoms with Gasteiger partial charge in [-0.3, -0.25) is 4.98 Å². The van der Waals surface area contributed by atoms with Crippen molar-refractivity contribution in [1.29, 1.82) is 0 Å². The molecular formula is C13H11ClN6. The highest BCUT2D eigenvalue weighted by atomic mass is 35.5. The molecule has 20 heavy (non-hydrogen) atoms. The first-order valence-electron chi connectivity index (χ1n) is 5.84. The van der Waals surface area contributed by atoms with Crippen LogP contribution in [-0.2, 0) is 0 Å². The summed E-state index contributed by atoms with van der Waals surface area (Å²) in [6, 6.07) is 8.95. The lowest BCUT2D eigenvalue weighted by molar-refractivity contribution is 1.19. The van der Waals surface area contributed by atoms with Crippen LogP contribution in [0.4, 0.5) is 23.3 Å². The molecule has 0 aliphatic carbocycles. The Bertz CT molecular complexity index is 769. The predicted molar refractivity (Wildman–Crippen MR) is 80.9 cm³/mol. The van der Waals surface area contributed by atoms with Crippen LogP contribution in [0, 0.1) is 0 Å². The Kier molecular flexibility index (Phi) is 3.00. The average Bonchev–Trinajstić information content (AvgIpc) is 2.41. The van der Waals surface area contributed by atoms with Crippen molar-refractivity contribution >= 4 is 45.8 Å². The lowest BCUT2D eigenvalue weighted by Crippen LogP contribution is -2.03. The van der Waals surface area contributed by atoms with Crippen LogP contribution in [0.1, 0.15) is 0 Å². The van der Waals surface area contributed by atoms with E-state index >= 15 is 0 Å². The van der Waals surface area contributed by atoms with Crippen LogP contribution in [-0.4, -0.2) is 15.0 Å². The van der Waals surface area contributed by atoms with Crippen molar-refractivity contribution < 1.29 is 0 Å². The number of aromatic nitrogens is 3. The van der Waals surface area contributed by atoms with Gasteiger partial charge in [-0.05, 0) is 24.3 Å². The minimum Gasteiger partial charge on any atom is -0.383 e. The molecule has 6 nitrogen and oxygen atoms in total. The van der Waals surface area contributed by atoms with E-state index in [1.807, 2.05) is 18.2 Å². The molecule has 7 heteroatoms. The van der Waals surface area contributed by atoms with Crippen molar-refractivity contribution in [3.05, 3.63) is 41.6 Å². The number of anilines is 4. The van der Waals surface area contributed by atoms with E-state index in [4.69, 9.17) is 23.1 Å². The summed E-state index contributed by atoms with van der Waals surface area (Å²) in [5, 5.41) is 4.62. The second kappa shape index (κ2) is 4.82. The van der Waals surface area contributed by atoms with E-state index in [0.29, 0.717) is 16.7 Å². The van der Waals surface area contributed by atoms with Crippen molar-refractivity contribution in [1.82, 2.24) is 15.0 Å². The number of nitrogen functional groups attached to an aromatic ring is 2. The molecule has 3 aromatic rings. The summed E-state index contributed by atoms with van der Waals surface area (Å²) in [6.45, 7) is 0. The Balaban J connectivity index is 2.09. The Labute approximate surface area is 119 Å². The Morgan fingerprint density at radius 1 is 1.10 bits per heavy atom. The normalized spacial score (nSPS) is 10.7. The molecule has 0 radical (unpaired) electrons. The van der Waals surface area contributed by atoms with Gasteiger partial charge in [0.15, 0.2) is 0 Å². The first-order chi connectivity index (χ1) is 9.63. The molecule has 100 valence electrons. The number of benzene rings is 1. The largest absolute Gasteiger partial charge is 0.383 e. The molecule has 0 unspecified atom stereocenters. The van der Waals surface area contributed by atoms with Gasteiger partial charge < -0.3 is 16.8 Å². The minimum atomic E-state index is 0.110. The van der Waals surface area contributed by atoms with E-state index in [1.165, 1.54) is 0 Å². The number of hydrogen-bond acceptors (Lipinski definition) is 6. The molecule has 2 aromatic heterocycles. The van der Waals surface area contributed by atoms with Gasteiger partial charge in [0.25, 0.3) is 0 Å². The van der Waals surface area contributed by atoms with Gasteiger partial charge in [0.05, 0.1) is 16.2 Å². The van der Waals surface area contributed by atoms with Crippen LogP contribution in [0.25, 0.3) is 10.9 Å². The Morgan fingerprint density at radius 2 is 1.95 bits per heavy atom. The zero-order chi connectivity index (χ0) is 14.1. The first kappa shape index (κ1) is 12.4. The summed E-state index contributed by atoms with van der Waals surface area (Å²) in [7, 11) is 0. The summed E-state index contributed by atoms with van der Waals surface area (Å²) in [5.74, 6) is 0.911. The van der Waals surface area contributed by atoms with Crippen molar-refractivity contribution in [2.45, 2.75) is 0 Å². The quantitative estimate of drug-likeness (QED) is 0.669. The van der Waals surface area contributed by atoms with Crippen molar-refractivity contribution in [2.24, 2.45) is 0 Å². The second-order valence-corrected chi connectivity index (χ2v) is 4.56. The zero-order valence-corrected chi connectivity index (χ0v) is 11.1. The number of nitrogens with two attached hydrogens (primary N) is 2. The third kappa shape index (κ3) is 2.28. The molecule has 0 aliphatic heterocycles. The standard InChI is InChI=1S/C13H11ClN6/c14-8-3-4-9(12-7(8)2-1-5-17-12)18-11-6-10(15)19-13(16)20-11/h1-6H,(H5,15,16,18,19,20). The van der Waals surface area contributed by atoms with E-state index in [9.17, 15) is 0 Å². The van der Waals surface area contributed by atoms with Crippen molar-refractivity contribution in [2.75, 3.05) is 16.8 Å². The maximum atomic E-state index is 6.15. The van der Waals surface area contributed by atoms with Crippen LogP contribution >= 0.6 is 11.6 Å². The van der Waals surface area contributed by atoms with E-state index in [-0.39, 0.29) is 5.95 Å². The molecule has 0 fully saturated rings. The van der Waals surface area contributed by atoms with Crippen LogP contribution in [0.5, 0.6) is 0 Å². The monoisotopic (exact) mass is 286 g/mol. The molecule has 1 aromatic carbocycles. The van der Waals surface area contributed by atoms with E-state index in [0.717, 1.165) is 16.6 Å². The molecule has 0 aliphatic rings. The molecular weight excluding hydrogens is 276 g/mol. The predicted octanol–water partition coefficient (Wildman–Crippen LogP) is 2.59. The third-order valence-electron chi connectivity index (χ3n) is 2.74. The highest BCUT2D eigenvalue weighted by molar-refractivity contribution is 6.35. The minimum absolute atomic E-state index is 0.110. The molecule has 0 saturated heterocycles. The lowest BCUT2D eigenvalue weighted by atomic mass is 10.2. The topological polar surface area (TPSA) is 103 Å². The summed E-state index contributed by atoms with van der Waals surface area (Å²) < 4.78 is 0. The van der Waals surface area contributed by atoms with Gasteiger partial charge in [0.2, 0.25) is 5.95 Å². The van der Waals surface area contributed by atoms with E-state index in [1.54, 1.807) is 18.3 Å². The highest BCUT2D eigenvalue weighted by Gasteiger charge is 2.07. The van der Waals surface area contributed by atoms with Crippen molar-refractivity contribution in [3.63, 3.8) is 0 Å². The number of fused-ring (bicyclic) bond motifs is 1. The second-order valence-electron chi connectivity index (χ2n) is 4.16. The Hall–Kier alpha value is -2.60. The lowest BCUT2D eigenvalue weighted by Gasteiger charge is -2.10. The van der Waals surface area contributed by atoms with Gasteiger partial charge in [0.1, 0.15) is 11.6 Å². The van der Waals surface area contributed by atoms with Gasteiger partial charge >= 0.3 is 0 Å². The highest BCUT2D eigenvalue weighted by Crippen LogP contribution is 2.29. The molecule has 0 bridgehead atoms. The van der Waals surface area contributed by atoms with Crippen LogP contribution in [0.2, 0.25) is 5.02 Å². The molecule has 0 spiro atoms. The fraction of sp³-hybridized carbons (Fsp3) is 0. The summed E-state index contributed by atoms with van der Waals surface area (Å²) in [5.41, 5.74) is 12.7. The van der Waals surface area contributed by atoms with Gasteiger partial charge in [0, 0.05) is 17.6 Å². The van der Waals surface area contributed by atoms with E-state index < -0.39 is 0 Å². The number of nitrogens with one attached hydrogen (secondary N) is 1. The average molecular weight is 287 g/mol. The molecule has 2 heterocycles. The van der Waals surface area contributed by atoms with Gasteiger partial charge in [-0.15, -0.1) is 0 Å². The molecule has 0 atom stereocenters. The molecule has 3 rings (SSSR count). The smallest absolute Gasteiger partial charge is 0.223 e. The van der Waals surface area contributed by atoms with Gasteiger partial charge in [-0.2, -0.15) is 9.97 Å². The zero-order valence-electron chi connectivity index (χ0n) is 10.3. The molecule has 0 amide bonds. The van der Waals surface area contributed by atoms with Crippen molar-refractivity contribution in [3.8, 4) is 0 Å². The van der Waals surface area contributed by atoms with E-state index in [2.05, 4.69) is 20.3 Å². The molecule has 0 saturated carbocycles. The molecule has 5 N–H and O–H groups in total.